The van der Waals surface area contributed by atoms with Crippen molar-refractivity contribution in [3.05, 3.63) is 59.7 Å². The number of carbonyl (C=O) groups excluding carboxylic acids is 2. The summed E-state index contributed by atoms with van der Waals surface area (Å²) in [5, 5.41) is 21.4. The van der Waals surface area contributed by atoms with E-state index in [1.165, 1.54) is 22.5 Å². The molecule has 11 nitrogen and oxygen atoms in total. The maximum absolute atomic E-state index is 13.8. The minimum Gasteiger partial charge on any atom is -0.502 e. The number of fused-ring (bicyclic) bond motifs is 2. The number of ether oxygens (including phenoxy) is 3. The van der Waals surface area contributed by atoms with Crippen molar-refractivity contribution in [2.24, 2.45) is 17.8 Å². The summed E-state index contributed by atoms with van der Waals surface area (Å²) in [5.74, 6) is -2.06. The van der Waals surface area contributed by atoms with Crippen molar-refractivity contribution in [1.29, 1.82) is 0 Å². The Kier molecular flexibility index (Phi) is 9.36. The number of rotatable bonds is 12. The van der Waals surface area contributed by atoms with Crippen LogP contribution >= 0.6 is 0 Å². The number of benzene rings is 2. The minimum absolute atomic E-state index is 0.0240. The molecular weight excluding hydrogens is 565 g/mol. The molecule has 3 heterocycles. The molecule has 5 rings (SSSR count). The zero-order valence-electron chi connectivity index (χ0n) is 23.6. The highest BCUT2D eigenvalue weighted by atomic mass is 32.2. The van der Waals surface area contributed by atoms with E-state index in [4.69, 9.17) is 18.9 Å². The second kappa shape index (κ2) is 12.8. The number of nitrogens with zero attached hydrogens (tertiary/aromatic N) is 1. The average molecular weight is 601 g/mol. The number of hydrogen-bond donors (Lipinski definition) is 2. The summed E-state index contributed by atoms with van der Waals surface area (Å²) in [7, 11) is -5.62. The first-order valence-corrected chi connectivity index (χ1v) is 15.6. The molecule has 5 atom stereocenters. The highest BCUT2D eigenvalue weighted by Gasteiger charge is 2.44. The summed E-state index contributed by atoms with van der Waals surface area (Å²) in [5.41, 5.74) is 1.06. The topological polar surface area (TPSA) is 149 Å². The molecular formula is C29H36BNO10S. The van der Waals surface area contributed by atoms with Gasteiger partial charge in [0, 0.05) is 24.5 Å². The SMILES string of the molecule is CC(C)CN(C[C@@H](O)[C@@H](CC(=O)O[C@H]1CO[C@H]2OCC[C@H]21)Cc1ccccc1)S(=O)(=O)c1ccc2c(c1)C(=O)OB2O. The van der Waals surface area contributed by atoms with Gasteiger partial charge in [0.2, 0.25) is 10.0 Å². The molecule has 0 spiro atoms. The molecule has 2 aromatic rings. The summed E-state index contributed by atoms with van der Waals surface area (Å²) >= 11 is 0. The van der Waals surface area contributed by atoms with E-state index in [0.717, 1.165) is 12.0 Å². The van der Waals surface area contributed by atoms with Crippen LogP contribution in [0.3, 0.4) is 0 Å². The fraction of sp³-hybridized carbons (Fsp3) is 0.517. The molecule has 0 amide bonds. The number of aliphatic hydroxyl groups is 1. The summed E-state index contributed by atoms with van der Waals surface area (Å²) < 4.78 is 50.5. The van der Waals surface area contributed by atoms with Crippen LogP contribution in [-0.2, 0) is 40.1 Å². The predicted molar refractivity (Wildman–Crippen MR) is 151 cm³/mol. The molecule has 0 bridgehead atoms. The van der Waals surface area contributed by atoms with Crippen LogP contribution in [0.1, 0.15) is 42.6 Å². The van der Waals surface area contributed by atoms with Crippen molar-refractivity contribution in [3.63, 3.8) is 0 Å². The van der Waals surface area contributed by atoms with Gasteiger partial charge in [-0.2, -0.15) is 4.31 Å². The lowest BCUT2D eigenvalue weighted by Crippen LogP contribution is -2.43. The zero-order chi connectivity index (χ0) is 30.0. The highest BCUT2D eigenvalue weighted by molar-refractivity contribution is 7.89. The van der Waals surface area contributed by atoms with Gasteiger partial charge in [0.25, 0.3) is 0 Å². The van der Waals surface area contributed by atoms with Gasteiger partial charge in [0.05, 0.1) is 42.1 Å². The van der Waals surface area contributed by atoms with Crippen LogP contribution in [0.4, 0.5) is 0 Å². The highest BCUT2D eigenvalue weighted by Crippen LogP contribution is 2.33. The van der Waals surface area contributed by atoms with E-state index < -0.39 is 47.2 Å². The summed E-state index contributed by atoms with van der Waals surface area (Å²) in [6.45, 7) is 4.32. The zero-order valence-corrected chi connectivity index (χ0v) is 24.4. The molecule has 0 aromatic heterocycles. The molecule has 2 aromatic carbocycles. The Balaban J connectivity index is 1.35. The van der Waals surface area contributed by atoms with Crippen molar-refractivity contribution in [3.8, 4) is 0 Å². The van der Waals surface area contributed by atoms with Crippen molar-refractivity contribution >= 4 is 34.5 Å². The van der Waals surface area contributed by atoms with Crippen LogP contribution in [-0.4, -0.2) is 86.7 Å². The standard InChI is InChI=1S/C29H36BNO10S/c1-18(2)15-31(42(36,37)21-8-9-24-23(14-21)28(34)41-30(24)35)16-25(32)20(12-19-6-4-3-5-7-19)13-27(33)40-26-17-39-29-22(26)10-11-38-29/h3-9,14,18,20,22,25-26,29,32,35H,10-13,15-17H2,1-2H3/t20-,22+,25-,26+,29-/m1/s1. The van der Waals surface area contributed by atoms with Gasteiger partial charge in [-0.05, 0) is 36.5 Å². The Morgan fingerprint density at radius 2 is 1.90 bits per heavy atom. The van der Waals surface area contributed by atoms with Gasteiger partial charge < -0.3 is 29.0 Å². The molecule has 0 unspecified atom stereocenters. The van der Waals surface area contributed by atoms with Gasteiger partial charge in [-0.3, -0.25) is 4.79 Å². The van der Waals surface area contributed by atoms with Gasteiger partial charge in [-0.25, -0.2) is 13.2 Å². The number of carbonyl (C=O) groups is 2. The van der Waals surface area contributed by atoms with Crippen LogP contribution in [0.5, 0.6) is 0 Å². The largest absolute Gasteiger partial charge is 0.563 e. The lowest BCUT2D eigenvalue weighted by molar-refractivity contribution is -0.153. The fourth-order valence-corrected chi connectivity index (χ4v) is 7.39. The Morgan fingerprint density at radius 3 is 2.64 bits per heavy atom. The van der Waals surface area contributed by atoms with Crippen LogP contribution in [0.15, 0.2) is 53.4 Å². The lowest BCUT2D eigenvalue weighted by atomic mass is 9.80. The lowest BCUT2D eigenvalue weighted by Gasteiger charge is -2.30. The van der Waals surface area contributed by atoms with Gasteiger partial charge in [-0.1, -0.05) is 50.2 Å². The normalized spacial score (nSPS) is 23.1. The van der Waals surface area contributed by atoms with Gasteiger partial charge >= 0.3 is 19.1 Å². The summed E-state index contributed by atoms with van der Waals surface area (Å²) in [4.78, 5) is 25.1. The van der Waals surface area contributed by atoms with Crippen molar-refractivity contribution in [2.45, 2.75) is 56.5 Å². The molecule has 226 valence electrons. The molecule has 42 heavy (non-hydrogen) atoms. The number of esters is 1. The third kappa shape index (κ3) is 6.71. The van der Waals surface area contributed by atoms with E-state index in [1.807, 2.05) is 44.2 Å². The molecule has 13 heteroatoms. The van der Waals surface area contributed by atoms with Crippen molar-refractivity contribution < 1.29 is 47.0 Å². The quantitative estimate of drug-likeness (QED) is 0.268. The number of hydrogen-bond acceptors (Lipinski definition) is 10. The Morgan fingerprint density at radius 1 is 1.14 bits per heavy atom. The third-order valence-corrected chi connectivity index (χ3v) is 9.74. The van der Waals surface area contributed by atoms with Crippen LogP contribution in [0.2, 0.25) is 0 Å². The van der Waals surface area contributed by atoms with E-state index in [9.17, 15) is 28.1 Å². The first-order valence-electron chi connectivity index (χ1n) is 14.2. The fourth-order valence-electron chi connectivity index (χ4n) is 5.74. The summed E-state index contributed by atoms with van der Waals surface area (Å²) in [6, 6.07) is 13.2. The minimum atomic E-state index is -4.18. The van der Waals surface area contributed by atoms with Crippen molar-refractivity contribution in [2.75, 3.05) is 26.3 Å². The number of sulfonamides is 1. The number of aliphatic hydroxyl groups excluding tert-OH is 1. The Bertz CT molecular complexity index is 1390. The second-order valence-corrected chi connectivity index (χ2v) is 13.4. The van der Waals surface area contributed by atoms with Crippen LogP contribution in [0, 0.1) is 17.8 Å². The van der Waals surface area contributed by atoms with Crippen LogP contribution in [0.25, 0.3) is 0 Å². The van der Waals surface area contributed by atoms with Gasteiger partial charge in [0.15, 0.2) is 6.29 Å². The molecule has 2 fully saturated rings. The van der Waals surface area contributed by atoms with Crippen LogP contribution < -0.4 is 5.46 Å². The maximum atomic E-state index is 13.8. The molecule has 3 aliphatic heterocycles. The van der Waals surface area contributed by atoms with E-state index in [0.29, 0.717) is 13.0 Å². The Labute approximate surface area is 245 Å². The molecule has 0 radical (unpaired) electrons. The molecule has 0 aliphatic carbocycles. The molecule has 2 saturated heterocycles. The Hall–Kier alpha value is -2.81. The molecule has 2 N–H and O–H groups in total. The van der Waals surface area contributed by atoms with E-state index in [1.54, 1.807) is 0 Å². The first kappa shape index (κ1) is 30.6. The third-order valence-electron chi connectivity index (χ3n) is 7.91. The smallest absolute Gasteiger partial charge is 0.502 e. The van der Waals surface area contributed by atoms with Gasteiger partial charge in [-0.15, -0.1) is 0 Å². The van der Waals surface area contributed by atoms with E-state index in [2.05, 4.69) is 0 Å². The second-order valence-electron chi connectivity index (χ2n) is 11.5. The molecule has 3 aliphatic rings. The van der Waals surface area contributed by atoms with Gasteiger partial charge in [0.1, 0.15) is 6.10 Å². The van der Waals surface area contributed by atoms with Crippen molar-refractivity contribution in [1.82, 2.24) is 4.31 Å². The predicted octanol–water partition coefficient (Wildman–Crippen LogP) is 1.11. The summed E-state index contributed by atoms with van der Waals surface area (Å²) in [6.07, 6.45) is -1.07. The van der Waals surface area contributed by atoms with E-state index in [-0.39, 0.29) is 60.2 Å². The maximum Gasteiger partial charge on any atom is 0.563 e. The van der Waals surface area contributed by atoms with E-state index >= 15 is 0 Å². The monoisotopic (exact) mass is 601 g/mol. The first-order chi connectivity index (χ1) is 20.0. The molecule has 0 saturated carbocycles. The average Bonchev–Trinajstić information content (AvgIpc) is 3.64.